The van der Waals surface area contributed by atoms with E-state index < -0.39 is 5.54 Å². The van der Waals surface area contributed by atoms with Crippen molar-refractivity contribution in [1.82, 2.24) is 5.32 Å². The second-order valence-electron chi connectivity index (χ2n) is 3.66. The smallest absolute Gasteiger partial charge is 0.239 e. The highest BCUT2D eigenvalue weighted by atomic mass is 16.2. The Morgan fingerprint density at radius 1 is 1.43 bits per heavy atom. The molecule has 3 N–H and O–H groups in total. The molecule has 0 heterocycles. The summed E-state index contributed by atoms with van der Waals surface area (Å²) >= 11 is 0. The summed E-state index contributed by atoms with van der Waals surface area (Å²) in [5, 5.41) is 2.56. The van der Waals surface area contributed by atoms with Gasteiger partial charge in [0.05, 0.1) is 5.54 Å². The van der Waals surface area contributed by atoms with E-state index in [4.69, 9.17) is 5.73 Å². The Labute approximate surface area is 84.3 Å². The number of likely N-dealkylation sites (N-methyl/N-ethyl adjacent to an activating group) is 1. The summed E-state index contributed by atoms with van der Waals surface area (Å²) in [6.07, 6.45) is 0.549. The molecule has 1 atom stereocenters. The molecule has 0 aromatic heterocycles. The SMILES string of the molecule is CNC(=O)C(C)(N)Cc1ccccc1. The Kier molecular flexibility index (Phi) is 3.25. The first kappa shape index (κ1) is 10.7. The third kappa shape index (κ3) is 2.57. The summed E-state index contributed by atoms with van der Waals surface area (Å²) in [5.41, 5.74) is 6.12. The predicted molar refractivity (Wildman–Crippen MR) is 56.8 cm³/mol. The van der Waals surface area contributed by atoms with Gasteiger partial charge in [0.25, 0.3) is 0 Å². The average molecular weight is 192 g/mol. The van der Waals surface area contributed by atoms with Crippen molar-refractivity contribution in [3.8, 4) is 0 Å². The monoisotopic (exact) mass is 192 g/mol. The standard InChI is InChI=1S/C11H16N2O/c1-11(12,10(14)13-2)8-9-6-4-3-5-7-9/h3-7H,8,12H2,1-2H3,(H,13,14). The molecule has 0 spiro atoms. The van der Waals surface area contributed by atoms with Gasteiger partial charge in [-0.15, -0.1) is 0 Å². The third-order valence-electron chi connectivity index (χ3n) is 2.16. The Morgan fingerprint density at radius 2 is 2.00 bits per heavy atom. The van der Waals surface area contributed by atoms with Crippen molar-refractivity contribution in [1.29, 1.82) is 0 Å². The van der Waals surface area contributed by atoms with E-state index in [9.17, 15) is 4.79 Å². The highest BCUT2D eigenvalue weighted by Gasteiger charge is 2.27. The molecule has 0 aliphatic heterocycles. The molecule has 1 aromatic rings. The quantitative estimate of drug-likeness (QED) is 0.740. The van der Waals surface area contributed by atoms with Gasteiger partial charge in [-0.25, -0.2) is 0 Å². The van der Waals surface area contributed by atoms with Gasteiger partial charge in [-0.2, -0.15) is 0 Å². The number of hydrogen-bond donors (Lipinski definition) is 2. The Hall–Kier alpha value is -1.35. The minimum absolute atomic E-state index is 0.138. The second kappa shape index (κ2) is 4.24. The molecule has 0 saturated heterocycles. The van der Waals surface area contributed by atoms with Crippen molar-refractivity contribution in [3.63, 3.8) is 0 Å². The summed E-state index contributed by atoms with van der Waals surface area (Å²) in [6.45, 7) is 1.73. The summed E-state index contributed by atoms with van der Waals surface area (Å²) < 4.78 is 0. The molecular weight excluding hydrogens is 176 g/mol. The Balaban J connectivity index is 2.73. The largest absolute Gasteiger partial charge is 0.358 e. The number of benzene rings is 1. The first-order chi connectivity index (χ1) is 6.56. The molecule has 0 aliphatic rings. The molecule has 3 heteroatoms. The zero-order valence-electron chi connectivity index (χ0n) is 8.58. The molecule has 0 saturated carbocycles. The molecule has 1 rings (SSSR count). The molecule has 14 heavy (non-hydrogen) atoms. The molecule has 0 bridgehead atoms. The number of nitrogens with one attached hydrogen (secondary N) is 1. The molecule has 0 fully saturated rings. The van der Waals surface area contributed by atoms with Crippen LogP contribution in [0.25, 0.3) is 0 Å². The lowest BCUT2D eigenvalue weighted by atomic mass is 9.93. The maximum absolute atomic E-state index is 11.4. The van der Waals surface area contributed by atoms with Crippen molar-refractivity contribution in [3.05, 3.63) is 35.9 Å². The molecular formula is C11H16N2O. The molecule has 1 amide bonds. The fraction of sp³-hybridized carbons (Fsp3) is 0.364. The van der Waals surface area contributed by atoms with Crippen LogP contribution in [-0.2, 0) is 11.2 Å². The number of carbonyl (C=O) groups is 1. The molecule has 3 nitrogen and oxygen atoms in total. The topological polar surface area (TPSA) is 55.1 Å². The number of amides is 1. The van der Waals surface area contributed by atoms with E-state index in [1.165, 1.54) is 0 Å². The summed E-state index contributed by atoms with van der Waals surface area (Å²) in [7, 11) is 1.60. The second-order valence-corrected chi connectivity index (χ2v) is 3.66. The van der Waals surface area contributed by atoms with Crippen LogP contribution in [0.4, 0.5) is 0 Å². The van der Waals surface area contributed by atoms with Crippen LogP contribution < -0.4 is 11.1 Å². The van der Waals surface area contributed by atoms with Crippen LogP contribution in [0, 0.1) is 0 Å². The third-order valence-corrected chi connectivity index (χ3v) is 2.16. The number of hydrogen-bond acceptors (Lipinski definition) is 2. The minimum Gasteiger partial charge on any atom is -0.358 e. The van der Waals surface area contributed by atoms with Gasteiger partial charge in [-0.3, -0.25) is 4.79 Å². The summed E-state index contributed by atoms with van der Waals surface area (Å²) in [4.78, 5) is 11.4. The van der Waals surface area contributed by atoms with E-state index in [1.54, 1.807) is 14.0 Å². The zero-order valence-corrected chi connectivity index (χ0v) is 8.58. The normalized spacial score (nSPS) is 14.5. The van der Waals surface area contributed by atoms with Crippen LogP contribution in [0.3, 0.4) is 0 Å². The van der Waals surface area contributed by atoms with E-state index in [-0.39, 0.29) is 5.91 Å². The van der Waals surface area contributed by atoms with E-state index in [0.717, 1.165) is 5.56 Å². The molecule has 1 aromatic carbocycles. The Morgan fingerprint density at radius 3 is 2.50 bits per heavy atom. The maximum atomic E-state index is 11.4. The molecule has 1 unspecified atom stereocenters. The van der Waals surface area contributed by atoms with Gasteiger partial charge in [0.15, 0.2) is 0 Å². The van der Waals surface area contributed by atoms with Crippen LogP contribution >= 0.6 is 0 Å². The van der Waals surface area contributed by atoms with Gasteiger partial charge < -0.3 is 11.1 Å². The van der Waals surface area contributed by atoms with Crippen LogP contribution in [0.2, 0.25) is 0 Å². The fourth-order valence-electron chi connectivity index (χ4n) is 1.39. The summed E-state index contributed by atoms with van der Waals surface area (Å²) in [6, 6.07) is 9.75. The van der Waals surface area contributed by atoms with Crippen LogP contribution in [-0.4, -0.2) is 18.5 Å². The number of nitrogens with two attached hydrogens (primary N) is 1. The lowest BCUT2D eigenvalue weighted by Crippen LogP contribution is -2.52. The predicted octanol–water partition coefficient (Wildman–Crippen LogP) is 0.692. The van der Waals surface area contributed by atoms with E-state index in [2.05, 4.69) is 5.32 Å². The minimum atomic E-state index is -0.837. The maximum Gasteiger partial charge on any atom is 0.239 e. The lowest BCUT2D eigenvalue weighted by Gasteiger charge is -2.22. The fourth-order valence-corrected chi connectivity index (χ4v) is 1.39. The average Bonchev–Trinajstić information content (AvgIpc) is 2.17. The number of rotatable bonds is 3. The van der Waals surface area contributed by atoms with Gasteiger partial charge in [-0.05, 0) is 18.9 Å². The Bertz CT molecular complexity index is 306. The van der Waals surface area contributed by atoms with Crippen molar-refractivity contribution in [2.45, 2.75) is 18.9 Å². The lowest BCUT2D eigenvalue weighted by molar-refractivity contribution is -0.125. The van der Waals surface area contributed by atoms with Gasteiger partial charge in [0, 0.05) is 7.05 Å². The first-order valence-corrected chi connectivity index (χ1v) is 4.61. The van der Waals surface area contributed by atoms with Gasteiger partial charge >= 0.3 is 0 Å². The van der Waals surface area contributed by atoms with E-state index in [1.807, 2.05) is 30.3 Å². The molecule has 0 aliphatic carbocycles. The van der Waals surface area contributed by atoms with Gasteiger partial charge in [0.2, 0.25) is 5.91 Å². The first-order valence-electron chi connectivity index (χ1n) is 4.61. The van der Waals surface area contributed by atoms with Crippen LogP contribution in [0.15, 0.2) is 30.3 Å². The summed E-state index contributed by atoms with van der Waals surface area (Å²) in [5.74, 6) is -0.138. The van der Waals surface area contributed by atoms with Gasteiger partial charge in [-0.1, -0.05) is 30.3 Å². The van der Waals surface area contributed by atoms with Crippen molar-refractivity contribution in [2.24, 2.45) is 5.73 Å². The van der Waals surface area contributed by atoms with Crippen LogP contribution in [0.5, 0.6) is 0 Å². The van der Waals surface area contributed by atoms with E-state index in [0.29, 0.717) is 6.42 Å². The zero-order chi connectivity index (χ0) is 10.6. The van der Waals surface area contributed by atoms with Crippen molar-refractivity contribution < 1.29 is 4.79 Å². The van der Waals surface area contributed by atoms with Crippen LogP contribution in [0.1, 0.15) is 12.5 Å². The highest BCUT2D eigenvalue weighted by Crippen LogP contribution is 2.10. The van der Waals surface area contributed by atoms with E-state index >= 15 is 0 Å². The molecule has 76 valence electrons. The van der Waals surface area contributed by atoms with Crippen molar-refractivity contribution >= 4 is 5.91 Å². The molecule has 0 radical (unpaired) electrons. The van der Waals surface area contributed by atoms with Crippen molar-refractivity contribution in [2.75, 3.05) is 7.05 Å². The highest BCUT2D eigenvalue weighted by molar-refractivity contribution is 5.85. The van der Waals surface area contributed by atoms with Gasteiger partial charge in [0.1, 0.15) is 0 Å². The number of carbonyl (C=O) groups excluding carboxylic acids is 1.